The van der Waals surface area contributed by atoms with E-state index in [0.29, 0.717) is 0 Å². The summed E-state index contributed by atoms with van der Waals surface area (Å²) in [5, 5.41) is 10.1. The van der Waals surface area contributed by atoms with E-state index in [-0.39, 0.29) is 0 Å². The summed E-state index contributed by atoms with van der Waals surface area (Å²) in [6.45, 7) is 0. The van der Waals surface area contributed by atoms with Crippen molar-refractivity contribution >= 4 is 93.8 Å². The van der Waals surface area contributed by atoms with Crippen LogP contribution in [0.25, 0.3) is 70.8 Å². The predicted octanol–water partition coefficient (Wildman–Crippen LogP) is 15.7. The van der Waals surface area contributed by atoms with E-state index >= 15 is 0 Å². The summed E-state index contributed by atoms with van der Waals surface area (Å²) in [5.74, 6) is 0. The normalized spacial score (nSPS) is 11.7. The van der Waals surface area contributed by atoms with E-state index in [1.54, 1.807) is 0 Å². The van der Waals surface area contributed by atoms with Crippen LogP contribution >= 0.6 is 0 Å². The Kier molecular flexibility index (Phi) is 7.54. The summed E-state index contributed by atoms with van der Waals surface area (Å²) < 4.78 is 2.51. The van der Waals surface area contributed by atoms with Crippen molar-refractivity contribution in [1.82, 2.24) is 4.40 Å². The van der Waals surface area contributed by atoms with Crippen molar-refractivity contribution in [2.45, 2.75) is 0 Å². The van der Waals surface area contributed by atoms with Crippen molar-refractivity contribution < 1.29 is 0 Å². The first-order valence-corrected chi connectivity index (χ1v) is 20.3. The number of rotatable bonds is 7. The smallest absolute Gasteiger partial charge is 0.0625 e. The highest BCUT2D eigenvalue weighted by Crippen LogP contribution is 2.46. The van der Waals surface area contributed by atoms with Crippen molar-refractivity contribution in [2.24, 2.45) is 0 Å². The van der Waals surface area contributed by atoms with Crippen LogP contribution in [0.15, 0.2) is 224 Å². The van der Waals surface area contributed by atoms with Crippen LogP contribution in [0.4, 0.5) is 34.1 Å². The minimum Gasteiger partial charge on any atom is -0.310 e. The summed E-state index contributed by atoms with van der Waals surface area (Å²) in [4.78, 5) is 4.79. The van der Waals surface area contributed by atoms with Gasteiger partial charge in [0.2, 0.25) is 0 Å². The molecular weight excluding hydrogens is 715 g/mol. The molecule has 59 heavy (non-hydrogen) atoms. The molecule has 3 heteroatoms. The van der Waals surface area contributed by atoms with E-state index in [0.717, 1.165) is 45.3 Å². The molecular formula is C56H37N3. The number of aromatic nitrogens is 1. The molecule has 0 aliphatic rings. The van der Waals surface area contributed by atoms with E-state index in [4.69, 9.17) is 0 Å². The molecule has 12 aromatic rings. The molecule has 2 aromatic heterocycles. The molecule has 0 N–H and O–H groups in total. The highest BCUT2D eigenvalue weighted by Gasteiger charge is 2.22. The van der Waals surface area contributed by atoms with Gasteiger partial charge in [-0.3, -0.25) is 0 Å². The Bertz CT molecular complexity index is 3450. The molecule has 12 rings (SSSR count). The van der Waals surface area contributed by atoms with Gasteiger partial charge in [-0.2, -0.15) is 0 Å². The fourth-order valence-electron chi connectivity index (χ4n) is 9.45. The van der Waals surface area contributed by atoms with Gasteiger partial charge >= 0.3 is 0 Å². The standard InChI is InChI=1S/C56H37N3/c1-4-19-42(20-5-1)57(43-21-6-2-7-22-43)45-34-41(35-46(37-45)58(44-23-8-3-9-24-44)52-29-15-17-38-16-10-11-25-47(38)52)40-31-32-49-51-33-30-39-18-14-27-50-48-26-12-13-28-53(48)59(54(49)36-40)56(51)55(39)50/h1-37H. The largest absolute Gasteiger partial charge is 0.310 e. The lowest BCUT2D eigenvalue weighted by Gasteiger charge is -2.31. The van der Waals surface area contributed by atoms with Crippen LogP contribution in [0, 0.1) is 0 Å². The first-order chi connectivity index (χ1) is 29.3. The highest BCUT2D eigenvalue weighted by atomic mass is 15.2. The number of anilines is 6. The second kappa shape index (κ2) is 13.4. The Morgan fingerprint density at radius 2 is 0.831 bits per heavy atom. The molecule has 0 saturated carbocycles. The zero-order valence-corrected chi connectivity index (χ0v) is 32.2. The maximum absolute atomic E-state index is 2.51. The van der Waals surface area contributed by atoms with Crippen molar-refractivity contribution in [3.63, 3.8) is 0 Å². The molecule has 0 fully saturated rings. The zero-order valence-electron chi connectivity index (χ0n) is 32.2. The lowest BCUT2D eigenvalue weighted by atomic mass is 9.98. The van der Waals surface area contributed by atoms with Crippen molar-refractivity contribution in [3.8, 4) is 11.1 Å². The van der Waals surface area contributed by atoms with Crippen LogP contribution in [0.1, 0.15) is 0 Å². The molecule has 10 aromatic carbocycles. The lowest BCUT2D eigenvalue weighted by Crippen LogP contribution is -2.14. The number of para-hydroxylation sites is 4. The Morgan fingerprint density at radius 3 is 1.58 bits per heavy atom. The van der Waals surface area contributed by atoms with Gasteiger partial charge in [-0.15, -0.1) is 0 Å². The van der Waals surface area contributed by atoms with Crippen LogP contribution in [0.5, 0.6) is 0 Å². The van der Waals surface area contributed by atoms with Gasteiger partial charge in [0.15, 0.2) is 0 Å². The van der Waals surface area contributed by atoms with Gasteiger partial charge in [0, 0.05) is 55.4 Å². The molecule has 3 nitrogen and oxygen atoms in total. The van der Waals surface area contributed by atoms with E-state index in [2.05, 4.69) is 239 Å². The molecule has 0 amide bonds. The van der Waals surface area contributed by atoms with E-state index in [1.807, 2.05) is 0 Å². The summed E-state index contributed by atoms with van der Waals surface area (Å²) in [5.41, 5.74) is 12.5. The molecule has 0 unspecified atom stereocenters. The maximum Gasteiger partial charge on any atom is 0.0625 e. The van der Waals surface area contributed by atoms with Crippen LogP contribution in [0.2, 0.25) is 0 Å². The van der Waals surface area contributed by atoms with Gasteiger partial charge in [-0.25, -0.2) is 0 Å². The molecule has 0 saturated heterocycles. The van der Waals surface area contributed by atoms with E-state index < -0.39 is 0 Å². The Hall–Kier alpha value is -7.88. The van der Waals surface area contributed by atoms with Crippen molar-refractivity contribution in [1.29, 1.82) is 0 Å². The van der Waals surface area contributed by atoms with Gasteiger partial charge in [-0.05, 0) is 100 Å². The third kappa shape index (κ3) is 5.29. The van der Waals surface area contributed by atoms with Gasteiger partial charge in [0.1, 0.15) is 0 Å². The molecule has 0 radical (unpaired) electrons. The number of hydrogen-bond acceptors (Lipinski definition) is 2. The molecule has 2 heterocycles. The number of fused-ring (bicyclic) bond motifs is 7. The zero-order chi connectivity index (χ0) is 38.9. The van der Waals surface area contributed by atoms with Gasteiger partial charge in [-0.1, -0.05) is 152 Å². The number of benzene rings is 10. The fraction of sp³-hybridized carbons (Fsp3) is 0. The van der Waals surface area contributed by atoms with Crippen LogP contribution in [0.3, 0.4) is 0 Å². The minimum atomic E-state index is 1.07. The maximum atomic E-state index is 2.51. The molecule has 0 aliphatic heterocycles. The average molecular weight is 752 g/mol. The molecule has 0 spiro atoms. The third-order valence-electron chi connectivity index (χ3n) is 12.0. The van der Waals surface area contributed by atoms with Gasteiger partial charge < -0.3 is 14.2 Å². The number of pyridine rings is 1. The summed E-state index contributed by atoms with van der Waals surface area (Å²) >= 11 is 0. The monoisotopic (exact) mass is 751 g/mol. The Balaban J connectivity index is 1.17. The SMILES string of the molecule is c1ccc(N(c2ccccc2)c2cc(-c3ccc4c5ccc6cccc7c8ccccc8n(c4c3)c5c67)cc(N(c3ccccc3)c3cccc4ccccc34)c2)cc1. The third-order valence-corrected chi connectivity index (χ3v) is 12.0. The fourth-order valence-corrected chi connectivity index (χ4v) is 9.45. The van der Waals surface area contributed by atoms with Gasteiger partial charge in [0.05, 0.1) is 22.2 Å². The number of nitrogens with zero attached hydrogens (tertiary/aromatic N) is 3. The topological polar surface area (TPSA) is 10.9 Å². The van der Waals surface area contributed by atoms with Crippen LogP contribution in [-0.4, -0.2) is 4.40 Å². The highest BCUT2D eigenvalue weighted by molar-refractivity contribution is 6.28. The lowest BCUT2D eigenvalue weighted by molar-refractivity contribution is 1.25. The number of hydrogen-bond donors (Lipinski definition) is 0. The van der Waals surface area contributed by atoms with Crippen LogP contribution in [-0.2, 0) is 0 Å². The summed E-state index contributed by atoms with van der Waals surface area (Å²) in [6.07, 6.45) is 0. The Morgan fingerprint density at radius 1 is 0.288 bits per heavy atom. The van der Waals surface area contributed by atoms with Gasteiger partial charge in [0.25, 0.3) is 0 Å². The first-order valence-electron chi connectivity index (χ1n) is 20.3. The summed E-state index contributed by atoms with van der Waals surface area (Å²) in [7, 11) is 0. The second-order valence-electron chi connectivity index (χ2n) is 15.4. The molecule has 276 valence electrons. The molecule has 0 atom stereocenters. The Labute approximate surface area is 342 Å². The quantitative estimate of drug-likeness (QED) is 0.119. The first kappa shape index (κ1) is 33.3. The van der Waals surface area contributed by atoms with Crippen molar-refractivity contribution in [3.05, 3.63) is 224 Å². The predicted molar refractivity (Wildman–Crippen MR) is 251 cm³/mol. The second-order valence-corrected chi connectivity index (χ2v) is 15.4. The van der Waals surface area contributed by atoms with E-state index in [9.17, 15) is 0 Å². The summed E-state index contributed by atoms with van der Waals surface area (Å²) in [6, 6.07) is 81.8. The average Bonchev–Trinajstić information content (AvgIpc) is 3.65. The molecule has 0 bridgehead atoms. The van der Waals surface area contributed by atoms with Crippen molar-refractivity contribution in [2.75, 3.05) is 9.80 Å². The minimum absolute atomic E-state index is 1.07. The van der Waals surface area contributed by atoms with Crippen LogP contribution < -0.4 is 9.80 Å². The van der Waals surface area contributed by atoms with E-state index in [1.165, 1.54) is 59.6 Å². The molecule has 0 aliphatic carbocycles.